The lowest BCUT2D eigenvalue weighted by Crippen LogP contribution is -2.40. The molecule has 1 unspecified atom stereocenters. The average Bonchev–Trinajstić information content (AvgIpc) is 3.34. The zero-order valence-electron chi connectivity index (χ0n) is 14.7. The molecule has 2 heterocycles. The van der Waals surface area contributed by atoms with E-state index in [-0.39, 0.29) is 5.92 Å². The van der Waals surface area contributed by atoms with E-state index < -0.39 is 0 Å². The van der Waals surface area contributed by atoms with Gasteiger partial charge in [0.25, 0.3) is 0 Å². The van der Waals surface area contributed by atoms with Crippen molar-refractivity contribution in [3.8, 4) is 11.4 Å². The summed E-state index contributed by atoms with van der Waals surface area (Å²) in [7, 11) is 0. The van der Waals surface area contributed by atoms with Crippen LogP contribution in [0.5, 0.6) is 0 Å². The Bertz CT molecular complexity index is 705. The molecule has 4 rings (SSSR count). The fraction of sp³-hybridized carbons (Fsp3) is 0.550. The largest absolute Gasteiger partial charge is 0.342 e. The number of nitrogens with one attached hydrogen (secondary N) is 1. The Labute approximate surface area is 148 Å². The number of nitrogens with zero attached hydrogens (tertiary/aromatic N) is 3. The lowest BCUT2D eigenvalue weighted by Gasteiger charge is -2.32. The predicted molar refractivity (Wildman–Crippen MR) is 96.9 cm³/mol. The Morgan fingerprint density at radius 1 is 1.12 bits per heavy atom. The molecular weight excluding hydrogens is 312 g/mol. The minimum absolute atomic E-state index is 0.270. The number of likely N-dealkylation sites (tertiary alicyclic amines) is 1. The quantitative estimate of drug-likeness (QED) is 0.923. The number of hydrogen-bond acceptors (Lipinski definition) is 3. The molecule has 1 atom stereocenters. The van der Waals surface area contributed by atoms with Crippen LogP contribution in [0.1, 0.15) is 56.7 Å². The zero-order valence-corrected chi connectivity index (χ0v) is 14.7. The van der Waals surface area contributed by atoms with Crippen LogP contribution in [-0.4, -0.2) is 39.1 Å². The first kappa shape index (κ1) is 16.3. The maximum Gasteiger partial charge on any atom is 0.222 e. The Balaban J connectivity index is 1.41. The molecule has 5 heteroatoms. The van der Waals surface area contributed by atoms with E-state index in [2.05, 4.69) is 15.1 Å². The SMILES string of the molecule is O=C(CC1CCCC1)N1CCCC(c2nc(-c3ccccc3)n[nH]2)C1. The normalized spacial score (nSPS) is 21.6. The number of amides is 1. The first-order chi connectivity index (χ1) is 12.3. The van der Waals surface area contributed by atoms with Crippen LogP contribution in [0.4, 0.5) is 0 Å². The van der Waals surface area contributed by atoms with E-state index in [1.54, 1.807) is 0 Å². The van der Waals surface area contributed by atoms with Gasteiger partial charge in [-0.2, -0.15) is 5.10 Å². The average molecular weight is 338 g/mol. The van der Waals surface area contributed by atoms with Crippen molar-refractivity contribution < 1.29 is 4.79 Å². The summed E-state index contributed by atoms with van der Waals surface area (Å²) in [5.41, 5.74) is 1.02. The molecule has 1 aromatic carbocycles. The van der Waals surface area contributed by atoms with E-state index in [0.29, 0.717) is 11.8 Å². The third kappa shape index (κ3) is 3.75. The molecule has 1 aromatic heterocycles. The van der Waals surface area contributed by atoms with Crippen molar-refractivity contribution in [3.05, 3.63) is 36.2 Å². The van der Waals surface area contributed by atoms with Crippen LogP contribution in [-0.2, 0) is 4.79 Å². The molecule has 1 N–H and O–H groups in total. The number of aromatic nitrogens is 3. The number of hydrogen-bond donors (Lipinski definition) is 1. The smallest absolute Gasteiger partial charge is 0.222 e. The Hall–Kier alpha value is -2.17. The van der Waals surface area contributed by atoms with Crippen LogP contribution < -0.4 is 0 Å². The lowest BCUT2D eigenvalue weighted by atomic mass is 9.96. The molecule has 1 aliphatic heterocycles. The Morgan fingerprint density at radius 2 is 1.92 bits per heavy atom. The van der Waals surface area contributed by atoms with E-state index in [9.17, 15) is 4.79 Å². The van der Waals surface area contributed by atoms with Crippen LogP contribution in [0.15, 0.2) is 30.3 Å². The first-order valence-corrected chi connectivity index (χ1v) is 9.55. The zero-order chi connectivity index (χ0) is 17.1. The fourth-order valence-electron chi connectivity index (χ4n) is 4.19. The van der Waals surface area contributed by atoms with Crippen molar-refractivity contribution in [2.75, 3.05) is 13.1 Å². The first-order valence-electron chi connectivity index (χ1n) is 9.55. The Morgan fingerprint density at radius 3 is 2.72 bits per heavy atom. The van der Waals surface area contributed by atoms with Crippen molar-refractivity contribution in [2.45, 2.75) is 50.9 Å². The molecule has 0 radical (unpaired) electrons. The molecule has 132 valence electrons. The van der Waals surface area contributed by atoms with Crippen molar-refractivity contribution in [3.63, 3.8) is 0 Å². The maximum atomic E-state index is 12.6. The highest BCUT2D eigenvalue weighted by molar-refractivity contribution is 5.76. The van der Waals surface area contributed by atoms with Crippen LogP contribution in [0.25, 0.3) is 11.4 Å². The number of carbonyl (C=O) groups excluding carboxylic acids is 1. The summed E-state index contributed by atoms with van der Waals surface area (Å²) in [6, 6.07) is 10.0. The number of rotatable bonds is 4. The molecule has 1 saturated carbocycles. The van der Waals surface area contributed by atoms with Crippen molar-refractivity contribution in [1.82, 2.24) is 20.1 Å². The fourth-order valence-corrected chi connectivity index (χ4v) is 4.19. The second-order valence-electron chi connectivity index (χ2n) is 7.44. The summed E-state index contributed by atoms with van der Waals surface area (Å²) in [6.45, 7) is 1.66. The van der Waals surface area contributed by atoms with Gasteiger partial charge in [-0.25, -0.2) is 4.98 Å². The number of carbonyl (C=O) groups is 1. The molecule has 25 heavy (non-hydrogen) atoms. The molecule has 0 bridgehead atoms. The molecular formula is C20H26N4O. The van der Waals surface area contributed by atoms with Gasteiger partial charge in [-0.3, -0.25) is 9.89 Å². The van der Waals surface area contributed by atoms with Gasteiger partial charge in [0.2, 0.25) is 5.91 Å². The van der Waals surface area contributed by atoms with Gasteiger partial charge >= 0.3 is 0 Å². The van der Waals surface area contributed by atoms with Crippen LogP contribution in [0.3, 0.4) is 0 Å². The Kier molecular flexibility index (Phi) is 4.81. The van der Waals surface area contributed by atoms with Gasteiger partial charge in [-0.15, -0.1) is 0 Å². The maximum absolute atomic E-state index is 12.6. The minimum atomic E-state index is 0.270. The number of aromatic amines is 1. The van der Waals surface area contributed by atoms with Crippen LogP contribution >= 0.6 is 0 Å². The third-order valence-corrected chi connectivity index (χ3v) is 5.63. The van der Waals surface area contributed by atoms with Crippen molar-refractivity contribution in [1.29, 1.82) is 0 Å². The highest BCUT2D eigenvalue weighted by Gasteiger charge is 2.29. The number of H-pyrrole nitrogens is 1. The molecule has 0 spiro atoms. The summed E-state index contributed by atoms with van der Waals surface area (Å²) >= 11 is 0. The second-order valence-corrected chi connectivity index (χ2v) is 7.44. The molecule has 1 aliphatic carbocycles. The number of benzene rings is 1. The summed E-state index contributed by atoms with van der Waals surface area (Å²) in [4.78, 5) is 19.4. The van der Waals surface area contributed by atoms with Gasteiger partial charge in [0.1, 0.15) is 5.82 Å². The van der Waals surface area contributed by atoms with Gasteiger partial charge in [0.05, 0.1) is 0 Å². The summed E-state index contributed by atoms with van der Waals surface area (Å²) in [6.07, 6.45) is 7.89. The summed E-state index contributed by atoms with van der Waals surface area (Å²) in [5, 5.41) is 7.48. The highest BCUT2D eigenvalue weighted by Crippen LogP contribution is 2.30. The van der Waals surface area contributed by atoms with E-state index in [0.717, 1.165) is 49.6 Å². The summed E-state index contributed by atoms with van der Waals surface area (Å²) < 4.78 is 0. The third-order valence-electron chi connectivity index (χ3n) is 5.63. The molecule has 2 aliphatic rings. The summed E-state index contributed by atoms with van der Waals surface area (Å²) in [5.74, 6) is 2.87. The van der Waals surface area contributed by atoms with Gasteiger partial charge in [-0.05, 0) is 31.6 Å². The van der Waals surface area contributed by atoms with E-state index >= 15 is 0 Å². The predicted octanol–water partition coefficient (Wildman–Crippen LogP) is 3.76. The highest BCUT2D eigenvalue weighted by atomic mass is 16.2. The molecule has 5 nitrogen and oxygen atoms in total. The van der Waals surface area contributed by atoms with Gasteiger partial charge in [0, 0.05) is 31.0 Å². The monoisotopic (exact) mass is 338 g/mol. The standard InChI is InChI=1S/C20H26N4O/c25-18(13-15-7-4-5-8-15)24-12-6-11-17(14-24)20-21-19(22-23-20)16-9-2-1-3-10-16/h1-3,9-10,15,17H,4-8,11-14H2,(H,21,22,23). The van der Waals surface area contributed by atoms with Gasteiger partial charge in [0.15, 0.2) is 5.82 Å². The lowest BCUT2D eigenvalue weighted by molar-refractivity contribution is -0.133. The minimum Gasteiger partial charge on any atom is -0.342 e. The van der Waals surface area contributed by atoms with Crippen LogP contribution in [0.2, 0.25) is 0 Å². The molecule has 1 amide bonds. The van der Waals surface area contributed by atoms with E-state index in [1.165, 1.54) is 25.7 Å². The topological polar surface area (TPSA) is 61.9 Å². The molecule has 2 aromatic rings. The molecule has 2 fully saturated rings. The van der Waals surface area contributed by atoms with E-state index in [1.807, 2.05) is 30.3 Å². The van der Waals surface area contributed by atoms with Crippen molar-refractivity contribution in [2.24, 2.45) is 5.92 Å². The van der Waals surface area contributed by atoms with Crippen molar-refractivity contribution >= 4 is 5.91 Å². The number of piperidine rings is 1. The van der Waals surface area contributed by atoms with Gasteiger partial charge in [-0.1, -0.05) is 43.2 Å². The van der Waals surface area contributed by atoms with E-state index in [4.69, 9.17) is 4.98 Å². The molecule has 1 saturated heterocycles. The van der Waals surface area contributed by atoms with Crippen LogP contribution in [0, 0.1) is 5.92 Å². The van der Waals surface area contributed by atoms with Gasteiger partial charge < -0.3 is 4.90 Å². The second kappa shape index (κ2) is 7.38.